The number of rotatable bonds is 6. The van der Waals surface area contributed by atoms with Crippen molar-refractivity contribution in [1.82, 2.24) is 9.62 Å². The van der Waals surface area contributed by atoms with Gasteiger partial charge in [-0.1, -0.05) is 26.3 Å². The quantitative estimate of drug-likeness (QED) is 0.760. The molecule has 158 valence electrons. The fraction of sp³-hybridized carbons (Fsp3) is 0.632. The molecule has 0 aromatic heterocycles. The fourth-order valence-electron chi connectivity index (χ4n) is 3.60. The van der Waals surface area contributed by atoms with Crippen molar-refractivity contribution in [1.29, 1.82) is 0 Å². The summed E-state index contributed by atoms with van der Waals surface area (Å²) in [6.45, 7) is 5.72. The average Bonchev–Trinajstić information content (AvgIpc) is 2.62. The lowest BCUT2D eigenvalue weighted by molar-refractivity contribution is -0.183. The first-order chi connectivity index (χ1) is 13.0. The van der Waals surface area contributed by atoms with Crippen LogP contribution in [-0.4, -0.2) is 43.9 Å². The SMILES string of the molecule is CCN(CC)S(=O)(=O)c1ccc(C)c(C(=O)NC2CCCC(C(F)(F)F)C2)c1. The number of alkyl halides is 3. The van der Waals surface area contributed by atoms with Gasteiger partial charge in [0.2, 0.25) is 10.0 Å². The van der Waals surface area contributed by atoms with Crippen LogP contribution in [0.25, 0.3) is 0 Å². The van der Waals surface area contributed by atoms with Crippen molar-refractivity contribution < 1.29 is 26.4 Å². The molecule has 1 fully saturated rings. The van der Waals surface area contributed by atoms with Crippen LogP contribution < -0.4 is 5.32 Å². The second kappa shape index (κ2) is 8.82. The third kappa shape index (κ3) is 5.05. The van der Waals surface area contributed by atoms with E-state index < -0.39 is 34.1 Å². The minimum atomic E-state index is -4.27. The monoisotopic (exact) mass is 420 g/mol. The first-order valence-electron chi connectivity index (χ1n) is 9.49. The Bertz CT molecular complexity index is 805. The summed E-state index contributed by atoms with van der Waals surface area (Å²) in [5.41, 5.74) is 0.738. The van der Waals surface area contributed by atoms with Gasteiger partial charge in [0, 0.05) is 24.7 Å². The number of nitrogens with one attached hydrogen (secondary N) is 1. The van der Waals surface area contributed by atoms with Crippen molar-refractivity contribution in [2.24, 2.45) is 5.92 Å². The topological polar surface area (TPSA) is 66.5 Å². The van der Waals surface area contributed by atoms with Gasteiger partial charge in [-0.05, 0) is 43.9 Å². The molecule has 2 unspecified atom stereocenters. The molecule has 9 heteroatoms. The average molecular weight is 420 g/mol. The van der Waals surface area contributed by atoms with Crippen molar-refractivity contribution in [3.05, 3.63) is 29.3 Å². The first-order valence-corrected chi connectivity index (χ1v) is 10.9. The summed E-state index contributed by atoms with van der Waals surface area (Å²) >= 11 is 0. The van der Waals surface area contributed by atoms with Crippen molar-refractivity contribution in [2.75, 3.05) is 13.1 Å². The van der Waals surface area contributed by atoms with E-state index in [1.807, 2.05) is 0 Å². The highest BCUT2D eigenvalue weighted by atomic mass is 32.2. The molecule has 1 aliphatic rings. The lowest BCUT2D eigenvalue weighted by Crippen LogP contribution is -2.41. The van der Waals surface area contributed by atoms with Gasteiger partial charge in [-0.2, -0.15) is 17.5 Å². The molecule has 1 aromatic carbocycles. The summed E-state index contributed by atoms with van der Waals surface area (Å²) in [7, 11) is -3.73. The van der Waals surface area contributed by atoms with Crippen LogP contribution in [0.5, 0.6) is 0 Å². The van der Waals surface area contributed by atoms with Gasteiger partial charge in [-0.3, -0.25) is 4.79 Å². The summed E-state index contributed by atoms with van der Waals surface area (Å²) in [6.07, 6.45) is -3.46. The molecular weight excluding hydrogens is 393 g/mol. The molecule has 0 bridgehead atoms. The maximum Gasteiger partial charge on any atom is 0.391 e. The molecule has 2 atom stereocenters. The zero-order valence-electron chi connectivity index (χ0n) is 16.3. The molecule has 0 heterocycles. The van der Waals surface area contributed by atoms with E-state index in [9.17, 15) is 26.4 Å². The van der Waals surface area contributed by atoms with Crippen LogP contribution in [0.4, 0.5) is 13.2 Å². The number of carbonyl (C=O) groups excluding carboxylic acids is 1. The van der Waals surface area contributed by atoms with E-state index in [1.54, 1.807) is 26.8 Å². The molecule has 28 heavy (non-hydrogen) atoms. The van der Waals surface area contributed by atoms with Gasteiger partial charge in [0.15, 0.2) is 0 Å². The predicted octanol–water partition coefficient (Wildman–Crippen LogP) is 3.88. The number of carbonyl (C=O) groups is 1. The number of halogens is 3. The summed E-state index contributed by atoms with van der Waals surface area (Å²) in [5, 5.41) is 2.67. The normalized spacial score (nSPS) is 21.0. The minimum absolute atomic E-state index is 0.00348. The second-order valence-electron chi connectivity index (χ2n) is 7.14. The summed E-state index contributed by atoms with van der Waals surface area (Å²) in [6, 6.07) is 3.72. The third-order valence-corrected chi connectivity index (χ3v) is 7.32. The van der Waals surface area contributed by atoms with Gasteiger partial charge in [-0.15, -0.1) is 0 Å². The Kier molecular flexibility index (Phi) is 7.14. The molecule has 0 spiro atoms. The van der Waals surface area contributed by atoms with Gasteiger partial charge < -0.3 is 5.32 Å². The van der Waals surface area contributed by atoms with E-state index in [4.69, 9.17) is 0 Å². The van der Waals surface area contributed by atoms with Gasteiger partial charge in [-0.25, -0.2) is 8.42 Å². The van der Waals surface area contributed by atoms with Crippen LogP contribution in [0.2, 0.25) is 0 Å². The number of hydrogen-bond donors (Lipinski definition) is 1. The Morgan fingerprint density at radius 2 is 1.86 bits per heavy atom. The Morgan fingerprint density at radius 1 is 1.21 bits per heavy atom. The standard InChI is InChI=1S/C19H27F3N2O3S/c1-4-24(5-2)28(26,27)16-10-9-13(3)17(12-16)18(25)23-15-8-6-7-14(11-15)19(20,21)22/h9-10,12,14-15H,4-8,11H2,1-3H3,(H,23,25). The molecule has 1 saturated carbocycles. The molecule has 5 nitrogen and oxygen atoms in total. The van der Waals surface area contributed by atoms with Gasteiger partial charge in [0.1, 0.15) is 0 Å². The van der Waals surface area contributed by atoms with Crippen LogP contribution in [0.1, 0.15) is 55.5 Å². The molecular formula is C19H27F3N2O3S. The van der Waals surface area contributed by atoms with Gasteiger partial charge in [0.05, 0.1) is 10.8 Å². The van der Waals surface area contributed by atoms with E-state index in [1.165, 1.54) is 16.4 Å². The zero-order valence-corrected chi connectivity index (χ0v) is 17.2. The zero-order chi connectivity index (χ0) is 21.1. The van der Waals surface area contributed by atoms with E-state index in [0.29, 0.717) is 31.5 Å². The molecule has 1 amide bonds. The van der Waals surface area contributed by atoms with Crippen LogP contribution in [0, 0.1) is 12.8 Å². The van der Waals surface area contributed by atoms with E-state index in [0.717, 1.165) is 0 Å². The Morgan fingerprint density at radius 3 is 2.43 bits per heavy atom. The summed E-state index contributed by atoms with van der Waals surface area (Å²) in [5.74, 6) is -1.95. The third-order valence-electron chi connectivity index (χ3n) is 5.27. The number of aryl methyl sites for hydroxylation is 1. The molecule has 2 rings (SSSR count). The van der Waals surface area contributed by atoms with Gasteiger partial charge >= 0.3 is 6.18 Å². The van der Waals surface area contributed by atoms with Crippen LogP contribution >= 0.6 is 0 Å². The number of benzene rings is 1. The maximum atomic E-state index is 13.0. The highest BCUT2D eigenvalue weighted by Crippen LogP contribution is 2.37. The number of sulfonamides is 1. The molecule has 1 N–H and O–H groups in total. The molecule has 1 aromatic rings. The second-order valence-corrected chi connectivity index (χ2v) is 9.08. The first kappa shape index (κ1) is 22.7. The smallest absolute Gasteiger partial charge is 0.349 e. The van der Waals surface area contributed by atoms with Crippen LogP contribution in [-0.2, 0) is 10.0 Å². The summed E-state index contributed by atoms with van der Waals surface area (Å²) < 4.78 is 65.6. The number of amides is 1. The van der Waals surface area contributed by atoms with Crippen LogP contribution in [0.3, 0.4) is 0 Å². The fourth-order valence-corrected chi connectivity index (χ4v) is 5.08. The molecule has 1 aliphatic carbocycles. The lowest BCUT2D eigenvalue weighted by Gasteiger charge is -2.31. The molecule has 0 radical (unpaired) electrons. The summed E-state index contributed by atoms with van der Waals surface area (Å²) in [4.78, 5) is 12.7. The minimum Gasteiger partial charge on any atom is -0.349 e. The van der Waals surface area contributed by atoms with Crippen molar-refractivity contribution in [2.45, 2.75) is 63.6 Å². The largest absolute Gasteiger partial charge is 0.391 e. The van der Waals surface area contributed by atoms with Gasteiger partial charge in [0.25, 0.3) is 5.91 Å². The molecule has 0 aliphatic heterocycles. The van der Waals surface area contributed by atoms with Crippen molar-refractivity contribution >= 4 is 15.9 Å². The molecule has 0 saturated heterocycles. The van der Waals surface area contributed by atoms with E-state index in [-0.39, 0.29) is 23.3 Å². The van der Waals surface area contributed by atoms with E-state index in [2.05, 4.69) is 5.32 Å². The highest BCUT2D eigenvalue weighted by molar-refractivity contribution is 7.89. The lowest BCUT2D eigenvalue weighted by atomic mass is 9.85. The highest BCUT2D eigenvalue weighted by Gasteiger charge is 2.42. The predicted molar refractivity (Wildman–Crippen MR) is 101 cm³/mol. The maximum absolute atomic E-state index is 13.0. The Hall–Kier alpha value is -1.61. The van der Waals surface area contributed by atoms with Crippen molar-refractivity contribution in [3.8, 4) is 0 Å². The number of hydrogen-bond acceptors (Lipinski definition) is 3. The van der Waals surface area contributed by atoms with Crippen molar-refractivity contribution in [3.63, 3.8) is 0 Å². The Balaban J connectivity index is 2.22. The Labute approximate surface area is 164 Å². The van der Waals surface area contributed by atoms with E-state index >= 15 is 0 Å². The number of nitrogens with zero attached hydrogens (tertiary/aromatic N) is 1. The van der Waals surface area contributed by atoms with Crippen LogP contribution in [0.15, 0.2) is 23.1 Å².